The molecule has 3 N–H and O–H groups in total. The minimum absolute atomic E-state index is 0. The molecule has 1 aliphatic rings. The van der Waals surface area contributed by atoms with Crippen LogP contribution >= 0.6 is 12.4 Å². The fourth-order valence-electron chi connectivity index (χ4n) is 1.16. The molecule has 1 atom stereocenters. The van der Waals surface area contributed by atoms with E-state index in [2.05, 4.69) is 5.32 Å². The molecule has 5 heteroatoms. The lowest BCUT2D eigenvalue weighted by molar-refractivity contribution is -0.141. The van der Waals surface area contributed by atoms with Gasteiger partial charge in [-0.2, -0.15) is 0 Å². The molecule has 1 saturated heterocycles. The van der Waals surface area contributed by atoms with Crippen molar-refractivity contribution >= 4 is 18.4 Å². The summed E-state index contributed by atoms with van der Waals surface area (Å²) in [6.07, 6.45) is 0.388. The summed E-state index contributed by atoms with van der Waals surface area (Å²) in [6.45, 7) is 1.11. The molecular formula is C6H12ClNO3. The van der Waals surface area contributed by atoms with Gasteiger partial charge in [0.15, 0.2) is 0 Å². The Morgan fingerprint density at radius 2 is 2.27 bits per heavy atom. The molecule has 4 nitrogen and oxygen atoms in total. The standard InChI is InChI=1S/C6H11NO3.ClH/c8-5(9)3-6(10)1-2-7-4-6;/h7,10H,1-4H2,(H,8,9);1H/t6-;/m1./s1. The number of aliphatic carboxylic acids is 1. The van der Waals surface area contributed by atoms with Gasteiger partial charge in [-0.25, -0.2) is 0 Å². The summed E-state index contributed by atoms with van der Waals surface area (Å²) in [5, 5.41) is 20.7. The van der Waals surface area contributed by atoms with Crippen LogP contribution in [-0.2, 0) is 4.79 Å². The second kappa shape index (κ2) is 3.90. The number of carbonyl (C=O) groups is 1. The molecule has 66 valence electrons. The number of hydrogen-bond donors (Lipinski definition) is 3. The zero-order chi connectivity index (χ0) is 7.61. The summed E-state index contributed by atoms with van der Waals surface area (Å²) in [7, 11) is 0. The fraction of sp³-hybridized carbons (Fsp3) is 0.833. The molecule has 1 aliphatic heterocycles. The van der Waals surface area contributed by atoms with Crippen LogP contribution in [0.2, 0.25) is 0 Å². The molecule has 0 radical (unpaired) electrons. The van der Waals surface area contributed by atoms with Crippen LogP contribution in [0.15, 0.2) is 0 Å². The Kier molecular flexibility index (Phi) is 3.78. The van der Waals surface area contributed by atoms with Crippen molar-refractivity contribution in [2.75, 3.05) is 13.1 Å². The molecule has 0 aromatic rings. The molecule has 0 unspecified atom stereocenters. The van der Waals surface area contributed by atoms with Gasteiger partial charge in [0, 0.05) is 6.54 Å². The number of carboxylic acids is 1. The molecule has 0 aromatic heterocycles. The van der Waals surface area contributed by atoms with Crippen LogP contribution in [-0.4, -0.2) is 34.9 Å². The predicted molar refractivity (Wildman–Crippen MR) is 41.9 cm³/mol. The molecule has 0 amide bonds. The van der Waals surface area contributed by atoms with Gasteiger partial charge in [0.25, 0.3) is 0 Å². The Hall–Kier alpha value is -0.320. The van der Waals surface area contributed by atoms with Crippen LogP contribution < -0.4 is 5.32 Å². The van der Waals surface area contributed by atoms with Crippen molar-refractivity contribution in [3.63, 3.8) is 0 Å². The van der Waals surface area contributed by atoms with E-state index in [1.807, 2.05) is 0 Å². The van der Waals surface area contributed by atoms with Gasteiger partial charge in [0.1, 0.15) is 0 Å². The normalized spacial score (nSPS) is 29.5. The first kappa shape index (κ1) is 10.7. The highest BCUT2D eigenvalue weighted by molar-refractivity contribution is 5.85. The van der Waals surface area contributed by atoms with Crippen LogP contribution in [0.4, 0.5) is 0 Å². The SMILES string of the molecule is Cl.O=C(O)C[C@]1(O)CCNC1. The molecule has 1 rings (SSSR count). The third kappa shape index (κ3) is 3.05. The first-order chi connectivity index (χ1) is 4.62. The van der Waals surface area contributed by atoms with Crippen molar-refractivity contribution in [1.82, 2.24) is 5.32 Å². The average Bonchev–Trinajstić information content (AvgIpc) is 2.12. The van der Waals surface area contributed by atoms with Gasteiger partial charge in [0.2, 0.25) is 0 Å². The fourth-order valence-corrected chi connectivity index (χ4v) is 1.16. The highest BCUT2D eigenvalue weighted by atomic mass is 35.5. The van der Waals surface area contributed by atoms with E-state index in [0.29, 0.717) is 19.5 Å². The van der Waals surface area contributed by atoms with Gasteiger partial charge in [-0.1, -0.05) is 0 Å². The summed E-state index contributed by atoms with van der Waals surface area (Å²) < 4.78 is 0. The highest BCUT2D eigenvalue weighted by Crippen LogP contribution is 2.17. The molecular weight excluding hydrogens is 170 g/mol. The first-order valence-electron chi connectivity index (χ1n) is 3.27. The Bertz CT molecular complexity index is 145. The molecule has 11 heavy (non-hydrogen) atoms. The lowest BCUT2D eigenvalue weighted by Gasteiger charge is -2.17. The maximum atomic E-state index is 10.2. The second-order valence-electron chi connectivity index (χ2n) is 2.72. The molecule has 0 aliphatic carbocycles. The molecule has 0 spiro atoms. The van der Waals surface area contributed by atoms with Crippen molar-refractivity contribution in [3.05, 3.63) is 0 Å². The van der Waals surface area contributed by atoms with Crippen molar-refractivity contribution in [2.45, 2.75) is 18.4 Å². The zero-order valence-corrected chi connectivity index (χ0v) is 6.86. The number of hydrogen-bond acceptors (Lipinski definition) is 3. The number of aliphatic hydroxyl groups is 1. The van der Waals surface area contributed by atoms with Crippen molar-refractivity contribution in [1.29, 1.82) is 0 Å². The minimum atomic E-state index is -0.994. The van der Waals surface area contributed by atoms with E-state index in [1.165, 1.54) is 0 Å². The molecule has 0 saturated carbocycles. The number of rotatable bonds is 2. The van der Waals surface area contributed by atoms with E-state index in [1.54, 1.807) is 0 Å². The predicted octanol–water partition coefficient (Wildman–Crippen LogP) is -0.393. The second-order valence-corrected chi connectivity index (χ2v) is 2.72. The Morgan fingerprint density at radius 3 is 2.64 bits per heavy atom. The number of halogens is 1. The summed E-state index contributed by atoms with van der Waals surface area (Å²) in [5.74, 6) is -0.939. The molecule has 1 fully saturated rings. The Labute approximate surface area is 71.0 Å². The van der Waals surface area contributed by atoms with Crippen LogP contribution in [0.1, 0.15) is 12.8 Å². The topological polar surface area (TPSA) is 69.6 Å². The van der Waals surface area contributed by atoms with Gasteiger partial charge in [-0.15, -0.1) is 12.4 Å². The van der Waals surface area contributed by atoms with E-state index in [4.69, 9.17) is 5.11 Å². The number of carboxylic acid groups (broad SMARTS) is 1. The van der Waals surface area contributed by atoms with Crippen molar-refractivity contribution in [3.8, 4) is 0 Å². The summed E-state index contributed by atoms with van der Waals surface area (Å²) in [4.78, 5) is 10.2. The van der Waals surface area contributed by atoms with Crippen LogP contribution in [0, 0.1) is 0 Å². The summed E-state index contributed by atoms with van der Waals surface area (Å²) in [6, 6.07) is 0. The monoisotopic (exact) mass is 181 g/mol. The number of β-amino-alcohol motifs (C(OH)–C–C–N with tert-alkyl or cyclic N) is 1. The Balaban J connectivity index is 0.000001000. The quantitative estimate of drug-likeness (QED) is 0.543. The molecule has 1 heterocycles. The van der Waals surface area contributed by atoms with Gasteiger partial charge in [-0.3, -0.25) is 4.79 Å². The van der Waals surface area contributed by atoms with E-state index >= 15 is 0 Å². The average molecular weight is 182 g/mol. The smallest absolute Gasteiger partial charge is 0.306 e. The maximum Gasteiger partial charge on any atom is 0.306 e. The van der Waals surface area contributed by atoms with Crippen molar-refractivity contribution in [2.24, 2.45) is 0 Å². The van der Waals surface area contributed by atoms with Gasteiger partial charge in [0.05, 0.1) is 12.0 Å². The largest absolute Gasteiger partial charge is 0.481 e. The lowest BCUT2D eigenvalue weighted by Crippen LogP contribution is -2.33. The molecule has 0 bridgehead atoms. The van der Waals surface area contributed by atoms with Crippen LogP contribution in [0.3, 0.4) is 0 Å². The van der Waals surface area contributed by atoms with Crippen LogP contribution in [0.5, 0.6) is 0 Å². The van der Waals surface area contributed by atoms with Crippen molar-refractivity contribution < 1.29 is 15.0 Å². The van der Waals surface area contributed by atoms with E-state index < -0.39 is 11.6 Å². The van der Waals surface area contributed by atoms with Gasteiger partial charge in [-0.05, 0) is 13.0 Å². The van der Waals surface area contributed by atoms with Gasteiger partial charge >= 0.3 is 5.97 Å². The van der Waals surface area contributed by atoms with Crippen LogP contribution in [0.25, 0.3) is 0 Å². The first-order valence-corrected chi connectivity index (χ1v) is 3.27. The van der Waals surface area contributed by atoms with E-state index in [0.717, 1.165) is 0 Å². The van der Waals surface area contributed by atoms with Gasteiger partial charge < -0.3 is 15.5 Å². The number of nitrogens with one attached hydrogen (secondary N) is 1. The summed E-state index contributed by atoms with van der Waals surface area (Å²) >= 11 is 0. The van der Waals surface area contributed by atoms with E-state index in [9.17, 15) is 9.90 Å². The third-order valence-electron chi connectivity index (χ3n) is 1.70. The molecule has 0 aromatic carbocycles. The van der Waals surface area contributed by atoms with E-state index in [-0.39, 0.29) is 18.8 Å². The highest BCUT2D eigenvalue weighted by Gasteiger charge is 2.33. The zero-order valence-electron chi connectivity index (χ0n) is 6.04. The Morgan fingerprint density at radius 1 is 1.64 bits per heavy atom. The summed E-state index contributed by atoms with van der Waals surface area (Å²) in [5.41, 5.74) is -0.994. The third-order valence-corrected chi connectivity index (χ3v) is 1.70. The maximum absolute atomic E-state index is 10.2. The minimum Gasteiger partial charge on any atom is -0.481 e. The lowest BCUT2D eigenvalue weighted by atomic mass is 9.99.